The molecule has 1 aromatic carbocycles. The van der Waals surface area contributed by atoms with Crippen molar-refractivity contribution in [2.24, 2.45) is 0 Å². The summed E-state index contributed by atoms with van der Waals surface area (Å²) in [6.07, 6.45) is 1.75. The molecule has 5 heteroatoms. The molecule has 91 valence electrons. The van der Waals surface area contributed by atoms with Crippen molar-refractivity contribution < 1.29 is 13.2 Å². The van der Waals surface area contributed by atoms with Crippen LogP contribution < -0.4 is 0 Å². The highest BCUT2D eigenvalue weighted by Gasteiger charge is 2.32. The van der Waals surface area contributed by atoms with Crippen LogP contribution in [0.1, 0.15) is 16.8 Å². The minimum Gasteiger partial charge on any atom is -0.337 e. The van der Waals surface area contributed by atoms with E-state index in [1.54, 1.807) is 29.2 Å². The van der Waals surface area contributed by atoms with Gasteiger partial charge in [0, 0.05) is 24.9 Å². The monoisotopic (exact) mass is 252 g/mol. The van der Waals surface area contributed by atoms with Crippen molar-refractivity contribution >= 4 is 15.7 Å². The van der Waals surface area contributed by atoms with E-state index in [0.29, 0.717) is 25.1 Å². The molecule has 1 fully saturated rings. The Bertz CT molecular complexity index is 510. The average molecular weight is 252 g/mol. The first-order valence-electron chi connectivity index (χ1n) is 5.43. The molecule has 1 radical (unpaired) electrons. The van der Waals surface area contributed by atoms with Crippen LogP contribution in [0.2, 0.25) is 0 Å². The van der Waals surface area contributed by atoms with Gasteiger partial charge in [0.15, 0.2) is 9.84 Å². The molecule has 1 amide bonds. The van der Waals surface area contributed by atoms with Crippen LogP contribution in [0.4, 0.5) is 0 Å². The molecule has 1 aliphatic heterocycles. The van der Waals surface area contributed by atoms with E-state index in [0.717, 1.165) is 0 Å². The lowest BCUT2D eigenvalue weighted by Gasteiger charge is -2.15. The third-order valence-corrected chi connectivity index (χ3v) is 4.59. The van der Waals surface area contributed by atoms with Gasteiger partial charge < -0.3 is 4.90 Å². The van der Waals surface area contributed by atoms with Crippen LogP contribution >= 0.6 is 0 Å². The van der Waals surface area contributed by atoms with E-state index in [4.69, 9.17) is 0 Å². The minimum atomic E-state index is -3.05. The molecule has 2 rings (SSSR count). The van der Waals surface area contributed by atoms with E-state index in [-0.39, 0.29) is 5.91 Å². The highest BCUT2D eigenvalue weighted by atomic mass is 32.2. The van der Waals surface area contributed by atoms with Crippen LogP contribution in [0.3, 0.4) is 0 Å². The minimum absolute atomic E-state index is 0.118. The van der Waals surface area contributed by atoms with E-state index in [2.05, 4.69) is 6.07 Å². The number of carbonyl (C=O) groups is 1. The second-order valence-electron chi connectivity index (χ2n) is 4.28. The summed E-state index contributed by atoms with van der Waals surface area (Å²) >= 11 is 0. The number of amides is 1. The Kier molecular flexibility index (Phi) is 3.19. The molecular weight excluding hydrogens is 238 g/mol. The molecule has 0 bridgehead atoms. The van der Waals surface area contributed by atoms with Crippen LogP contribution in [0.25, 0.3) is 0 Å². The summed E-state index contributed by atoms with van der Waals surface area (Å²) in [5.41, 5.74) is 0.557. The quantitative estimate of drug-likeness (QED) is 0.780. The van der Waals surface area contributed by atoms with Gasteiger partial charge in [0.25, 0.3) is 5.91 Å². The summed E-state index contributed by atoms with van der Waals surface area (Å²) < 4.78 is 22.8. The Morgan fingerprint density at radius 1 is 1.53 bits per heavy atom. The smallest absolute Gasteiger partial charge is 0.253 e. The number of hydrogen-bond donors (Lipinski definition) is 0. The van der Waals surface area contributed by atoms with Crippen molar-refractivity contribution in [1.29, 1.82) is 0 Å². The van der Waals surface area contributed by atoms with Gasteiger partial charge in [-0.05, 0) is 24.6 Å². The van der Waals surface area contributed by atoms with E-state index in [9.17, 15) is 13.2 Å². The highest BCUT2D eigenvalue weighted by Crippen LogP contribution is 2.18. The molecule has 4 nitrogen and oxygen atoms in total. The summed E-state index contributed by atoms with van der Waals surface area (Å²) in [7, 11) is -3.05. The summed E-state index contributed by atoms with van der Waals surface area (Å²) in [6, 6.07) is 9.65. The maximum absolute atomic E-state index is 12.0. The van der Waals surface area contributed by atoms with Crippen LogP contribution in [0.5, 0.6) is 0 Å². The molecule has 1 aliphatic rings. The lowest BCUT2D eigenvalue weighted by atomic mass is 10.2. The Labute approximate surface area is 101 Å². The Morgan fingerprint density at radius 3 is 2.82 bits per heavy atom. The third-order valence-electron chi connectivity index (χ3n) is 2.99. The molecule has 0 saturated carbocycles. The number of sulfone groups is 1. The number of rotatable bonds is 2. The van der Waals surface area contributed by atoms with Gasteiger partial charge in [0.05, 0.1) is 5.25 Å². The average Bonchev–Trinajstić information content (AvgIpc) is 2.78. The van der Waals surface area contributed by atoms with Gasteiger partial charge in [-0.1, -0.05) is 12.1 Å². The SMILES string of the molecule is CS(=O)(=O)C1CCN(C(=O)c2c[c]ccc2)C1. The largest absolute Gasteiger partial charge is 0.337 e. The second-order valence-corrected chi connectivity index (χ2v) is 6.61. The topological polar surface area (TPSA) is 54.5 Å². The third kappa shape index (κ3) is 2.66. The fourth-order valence-electron chi connectivity index (χ4n) is 1.97. The van der Waals surface area contributed by atoms with Crippen molar-refractivity contribution in [3.8, 4) is 0 Å². The Hall–Kier alpha value is -1.36. The van der Waals surface area contributed by atoms with Gasteiger partial charge in [-0.25, -0.2) is 8.42 Å². The molecule has 0 spiro atoms. The first kappa shape index (κ1) is 12.1. The molecule has 17 heavy (non-hydrogen) atoms. The zero-order chi connectivity index (χ0) is 12.5. The Balaban J connectivity index is 2.10. The number of benzene rings is 1. The molecule has 1 atom stereocenters. The van der Waals surface area contributed by atoms with Gasteiger partial charge in [-0.2, -0.15) is 0 Å². The molecule has 1 heterocycles. The fourth-order valence-corrected chi connectivity index (χ4v) is 2.96. The Morgan fingerprint density at radius 2 is 2.29 bits per heavy atom. The van der Waals surface area contributed by atoms with Crippen molar-refractivity contribution in [2.75, 3.05) is 19.3 Å². The molecule has 0 aromatic heterocycles. The number of likely N-dealkylation sites (tertiary alicyclic amines) is 1. The summed E-state index contributed by atoms with van der Waals surface area (Å²) in [5, 5.41) is -0.417. The molecule has 1 saturated heterocycles. The van der Waals surface area contributed by atoms with Crippen LogP contribution in [-0.2, 0) is 9.84 Å². The van der Waals surface area contributed by atoms with Crippen LogP contribution in [0.15, 0.2) is 24.3 Å². The van der Waals surface area contributed by atoms with Gasteiger partial charge in [-0.3, -0.25) is 4.79 Å². The highest BCUT2D eigenvalue weighted by molar-refractivity contribution is 7.91. The zero-order valence-corrected chi connectivity index (χ0v) is 10.4. The lowest BCUT2D eigenvalue weighted by Crippen LogP contribution is -2.31. The lowest BCUT2D eigenvalue weighted by molar-refractivity contribution is 0.0793. The van der Waals surface area contributed by atoms with E-state index >= 15 is 0 Å². The molecular formula is C12H14NO3S. The predicted molar refractivity (Wildman–Crippen MR) is 64.4 cm³/mol. The maximum atomic E-state index is 12.0. The van der Waals surface area contributed by atoms with Gasteiger partial charge >= 0.3 is 0 Å². The normalized spacial score (nSPS) is 20.5. The number of nitrogens with zero attached hydrogens (tertiary/aromatic N) is 1. The van der Waals surface area contributed by atoms with Crippen LogP contribution in [0, 0.1) is 6.07 Å². The van der Waals surface area contributed by atoms with Crippen LogP contribution in [-0.4, -0.2) is 43.8 Å². The van der Waals surface area contributed by atoms with Crippen molar-refractivity contribution in [1.82, 2.24) is 4.90 Å². The first-order valence-corrected chi connectivity index (χ1v) is 7.38. The van der Waals surface area contributed by atoms with Crippen molar-refractivity contribution in [3.63, 3.8) is 0 Å². The zero-order valence-electron chi connectivity index (χ0n) is 9.59. The predicted octanol–water partition coefficient (Wildman–Crippen LogP) is 0.746. The van der Waals surface area contributed by atoms with E-state index in [1.807, 2.05) is 0 Å². The van der Waals surface area contributed by atoms with Crippen molar-refractivity contribution in [2.45, 2.75) is 11.7 Å². The fraction of sp³-hybridized carbons (Fsp3) is 0.417. The standard InChI is InChI=1S/C12H14NO3S/c1-17(15,16)11-7-8-13(9-11)12(14)10-5-3-2-4-6-10/h2-3,5-6,11H,7-9H2,1H3. The maximum Gasteiger partial charge on any atom is 0.253 e. The number of carbonyl (C=O) groups excluding carboxylic acids is 1. The summed E-state index contributed by atoms with van der Waals surface area (Å²) in [4.78, 5) is 13.6. The summed E-state index contributed by atoms with van der Waals surface area (Å²) in [5.74, 6) is -0.118. The van der Waals surface area contributed by atoms with E-state index in [1.165, 1.54) is 6.26 Å². The second kappa shape index (κ2) is 4.49. The first-order chi connectivity index (χ1) is 7.98. The van der Waals surface area contributed by atoms with Gasteiger partial charge in [0.1, 0.15) is 0 Å². The van der Waals surface area contributed by atoms with Crippen molar-refractivity contribution in [3.05, 3.63) is 35.9 Å². The number of hydrogen-bond acceptors (Lipinski definition) is 3. The van der Waals surface area contributed by atoms with Gasteiger partial charge in [-0.15, -0.1) is 0 Å². The van der Waals surface area contributed by atoms with E-state index < -0.39 is 15.1 Å². The molecule has 0 N–H and O–H groups in total. The summed E-state index contributed by atoms with van der Waals surface area (Å²) in [6.45, 7) is 0.804. The molecule has 1 aromatic rings. The molecule has 1 unspecified atom stereocenters. The molecule has 0 aliphatic carbocycles. The van der Waals surface area contributed by atoms with Gasteiger partial charge in [0.2, 0.25) is 0 Å².